The Morgan fingerprint density at radius 1 is 1.38 bits per heavy atom. The summed E-state index contributed by atoms with van der Waals surface area (Å²) in [6.45, 7) is 6.51. The molecular weight excluding hydrogens is 307 g/mol. The molecule has 0 saturated carbocycles. The molecule has 0 amide bonds. The van der Waals surface area contributed by atoms with Gasteiger partial charge in [0.25, 0.3) is 0 Å². The van der Waals surface area contributed by atoms with Crippen molar-refractivity contribution in [2.75, 3.05) is 13.2 Å². The van der Waals surface area contributed by atoms with Crippen LogP contribution < -0.4 is 10.5 Å². The molecule has 0 bridgehead atoms. The Bertz CT molecular complexity index is 759. The molecule has 2 heterocycles. The van der Waals surface area contributed by atoms with E-state index in [-0.39, 0.29) is 17.8 Å². The lowest BCUT2D eigenvalue weighted by Gasteiger charge is -2.25. The molecule has 3 N–H and O–H groups in total. The van der Waals surface area contributed by atoms with E-state index >= 15 is 0 Å². The van der Waals surface area contributed by atoms with Crippen molar-refractivity contribution < 1.29 is 14.2 Å². The minimum Gasteiger partial charge on any atom is -0.490 e. The SMILES string of the molecule is CC[C@@]1(C)COc2c1cc(C(C)(O)CN)nc2-c1ccc(F)cc1. The molecule has 0 spiro atoms. The third-order valence-electron chi connectivity index (χ3n) is 5.01. The van der Waals surface area contributed by atoms with Crippen LogP contribution in [0.25, 0.3) is 11.3 Å². The molecular formula is C19H23FN2O2. The van der Waals surface area contributed by atoms with Crippen molar-refractivity contribution in [2.45, 2.75) is 38.2 Å². The molecule has 4 nitrogen and oxygen atoms in total. The highest BCUT2D eigenvalue weighted by Gasteiger charge is 2.39. The number of halogens is 1. The maximum atomic E-state index is 13.3. The lowest BCUT2D eigenvalue weighted by molar-refractivity contribution is 0.0622. The molecule has 1 aliphatic heterocycles. The zero-order chi connectivity index (χ0) is 17.5. The normalized spacial score (nSPS) is 21.9. The summed E-state index contributed by atoms with van der Waals surface area (Å²) in [7, 11) is 0. The number of aromatic nitrogens is 1. The fourth-order valence-electron chi connectivity index (χ4n) is 2.91. The van der Waals surface area contributed by atoms with E-state index in [0.29, 0.717) is 23.7 Å². The topological polar surface area (TPSA) is 68.4 Å². The molecule has 2 aromatic rings. The summed E-state index contributed by atoms with van der Waals surface area (Å²) in [5, 5.41) is 10.6. The summed E-state index contributed by atoms with van der Waals surface area (Å²) in [5.41, 5.74) is 7.24. The average Bonchev–Trinajstić information content (AvgIpc) is 2.93. The smallest absolute Gasteiger partial charge is 0.149 e. The molecule has 0 saturated heterocycles. The van der Waals surface area contributed by atoms with Crippen LogP contribution in [0.4, 0.5) is 4.39 Å². The first-order valence-corrected chi connectivity index (χ1v) is 8.18. The van der Waals surface area contributed by atoms with Crippen molar-refractivity contribution in [1.29, 1.82) is 0 Å². The van der Waals surface area contributed by atoms with Crippen molar-refractivity contribution >= 4 is 0 Å². The molecule has 5 heteroatoms. The Morgan fingerprint density at radius 3 is 2.62 bits per heavy atom. The number of benzene rings is 1. The number of nitrogens with two attached hydrogens (primary N) is 1. The van der Waals surface area contributed by atoms with Gasteiger partial charge < -0.3 is 15.6 Å². The van der Waals surface area contributed by atoms with Gasteiger partial charge in [0, 0.05) is 23.1 Å². The van der Waals surface area contributed by atoms with Crippen LogP contribution in [0.1, 0.15) is 38.4 Å². The highest BCUT2D eigenvalue weighted by molar-refractivity contribution is 5.70. The summed E-state index contributed by atoms with van der Waals surface area (Å²) < 4.78 is 19.2. The van der Waals surface area contributed by atoms with Crippen LogP contribution >= 0.6 is 0 Å². The first-order valence-electron chi connectivity index (χ1n) is 8.18. The number of fused-ring (bicyclic) bond motifs is 1. The fraction of sp³-hybridized carbons (Fsp3) is 0.421. The van der Waals surface area contributed by atoms with Gasteiger partial charge in [0.05, 0.1) is 12.3 Å². The fourth-order valence-corrected chi connectivity index (χ4v) is 2.91. The van der Waals surface area contributed by atoms with Crippen molar-refractivity contribution in [3.05, 3.63) is 47.4 Å². The van der Waals surface area contributed by atoms with E-state index in [0.717, 1.165) is 17.5 Å². The molecule has 0 aliphatic carbocycles. The van der Waals surface area contributed by atoms with Gasteiger partial charge in [-0.15, -0.1) is 0 Å². The number of nitrogens with zero attached hydrogens (tertiary/aromatic N) is 1. The third-order valence-corrected chi connectivity index (χ3v) is 5.01. The minimum absolute atomic E-state index is 0.0609. The van der Waals surface area contributed by atoms with E-state index in [1.54, 1.807) is 19.1 Å². The van der Waals surface area contributed by atoms with E-state index in [4.69, 9.17) is 10.5 Å². The van der Waals surface area contributed by atoms with Gasteiger partial charge in [-0.25, -0.2) is 9.37 Å². The van der Waals surface area contributed by atoms with Crippen LogP contribution in [-0.2, 0) is 11.0 Å². The average molecular weight is 330 g/mol. The van der Waals surface area contributed by atoms with E-state index in [1.165, 1.54) is 12.1 Å². The van der Waals surface area contributed by atoms with Gasteiger partial charge in [-0.2, -0.15) is 0 Å². The van der Waals surface area contributed by atoms with Crippen LogP contribution in [0, 0.1) is 5.82 Å². The van der Waals surface area contributed by atoms with Crippen LogP contribution in [0.15, 0.2) is 30.3 Å². The second-order valence-corrected chi connectivity index (χ2v) is 6.92. The number of pyridine rings is 1. The lowest BCUT2D eigenvalue weighted by Crippen LogP contribution is -2.33. The minimum atomic E-state index is -1.24. The monoisotopic (exact) mass is 330 g/mol. The van der Waals surface area contributed by atoms with Crippen LogP contribution in [-0.4, -0.2) is 23.2 Å². The van der Waals surface area contributed by atoms with E-state index in [2.05, 4.69) is 18.8 Å². The number of aliphatic hydroxyl groups is 1. The first-order chi connectivity index (χ1) is 11.3. The second kappa shape index (κ2) is 5.83. The molecule has 2 atom stereocenters. The van der Waals surface area contributed by atoms with Gasteiger partial charge in [0.2, 0.25) is 0 Å². The first kappa shape index (κ1) is 16.9. The molecule has 3 rings (SSSR count). The molecule has 0 radical (unpaired) electrons. The Labute approximate surface area is 141 Å². The van der Waals surface area contributed by atoms with E-state index in [1.807, 2.05) is 6.07 Å². The molecule has 128 valence electrons. The highest BCUT2D eigenvalue weighted by atomic mass is 19.1. The van der Waals surface area contributed by atoms with Gasteiger partial charge in [0.1, 0.15) is 22.9 Å². The third kappa shape index (κ3) is 2.68. The number of hydrogen-bond acceptors (Lipinski definition) is 4. The maximum Gasteiger partial charge on any atom is 0.149 e. The molecule has 24 heavy (non-hydrogen) atoms. The second-order valence-electron chi connectivity index (χ2n) is 6.92. The van der Waals surface area contributed by atoms with Gasteiger partial charge in [-0.3, -0.25) is 0 Å². The zero-order valence-electron chi connectivity index (χ0n) is 14.3. The van der Waals surface area contributed by atoms with Crippen LogP contribution in [0.2, 0.25) is 0 Å². The van der Waals surface area contributed by atoms with Crippen molar-refractivity contribution in [2.24, 2.45) is 5.73 Å². The standard InChI is InChI=1S/C19H23FN2O2/c1-4-18(2)11-24-17-14(18)9-15(19(3,23)10-21)22-16(17)12-5-7-13(20)8-6-12/h5-9,23H,4,10-11,21H2,1-3H3/t18-,19?/m0/s1. The largest absolute Gasteiger partial charge is 0.490 e. The zero-order valence-corrected chi connectivity index (χ0v) is 14.3. The molecule has 1 aromatic heterocycles. The number of ether oxygens (including phenoxy) is 1. The molecule has 1 aromatic carbocycles. The van der Waals surface area contributed by atoms with Crippen LogP contribution in [0.3, 0.4) is 0 Å². The number of hydrogen-bond donors (Lipinski definition) is 2. The number of rotatable bonds is 4. The van der Waals surface area contributed by atoms with Gasteiger partial charge in [0.15, 0.2) is 0 Å². The summed E-state index contributed by atoms with van der Waals surface area (Å²) >= 11 is 0. The Kier molecular flexibility index (Phi) is 4.10. The van der Waals surface area contributed by atoms with Gasteiger partial charge >= 0.3 is 0 Å². The van der Waals surface area contributed by atoms with Crippen LogP contribution in [0.5, 0.6) is 5.75 Å². The van der Waals surface area contributed by atoms with E-state index in [9.17, 15) is 9.50 Å². The summed E-state index contributed by atoms with van der Waals surface area (Å²) in [4.78, 5) is 4.61. The summed E-state index contributed by atoms with van der Waals surface area (Å²) in [6.07, 6.45) is 0.900. The molecule has 1 aliphatic rings. The molecule has 0 fully saturated rings. The summed E-state index contributed by atoms with van der Waals surface area (Å²) in [6, 6.07) is 8.02. The quantitative estimate of drug-likeness (QED) is 0.904. The molecule has 1 unspecified atom stereocenters. The Balaban J connectivity index is 2.25. The Morgan fingerprint density at radius 2 is 2.04 bits per heavy atom. The maximum absolute atomic E-state index is 13.3. The predicted molar refractivity (Wildman–Crippen MR) is 91.4 cm³/mol. The Hall–Kier alpha value is -1.98. The van der Waals surface area contributed by atoms with Gasteiger partial charge in [-0.1, -0.05) is 13.8 Å². The van der Waals surface area contributed by atoms with Gasteiger partial charge in [-0.05, 0) is 43.7 Å². The highest BCUT2D eigenvalue weighted by Crippen LogP contribution is 2.46. The predicted octanol–water partition coefficient (Wildman–Crippen LogP) is 3.11. The van der Waals surface area contributed by atoms with Crippen molar-refractivity contribution in [1.82, 2.24) is 4.98 Å². The summed E-state index contributed by atoms with van der Waals surface area (Å²) in [5.74, 6) is 0.405. The van der Waals surface area contributed by atoms with E-state index < -0.39 is 5.60 Å². The van der Waals surface area contributed by atoms with Crippen molar-refractivity contribution in [3.63, 3.8) is 0 Å². The lowest BCUT2D eigenvalue weighted by atomic mass is 9.80. The van der Waals surface area contributed by atoms with Crippen molar-refractivity contribution in [3.8, 4) is 17.0 Å².